The van der Waals surface area contributed by atoms with Gasteiger partial charge in [-0.15, -0.1) is 0 Å². The number of hydrogen-bond donors (Lipinski definition) is 3. The van der Waals surface area contributed by atoms with Gasteiger partial charge in [-0.25, -0.2) is 0 Å². The molecule has 80 valence electrons. The van der Waals surface area contributed by atoms with E-state index in [1.807, 2.05) is 0 Å². The van der Waals surface area contributed by atoms with Crippen molar-refractivity contribution in [1.82, 2.24) is 0 Å². The Labute approximate surface area is 96.7 Å². The Kier molecular flexibility index (Phi) is 3.55. The molecule has 1 amide bonds. The summed E-state index contributed by atoms with van der Waals surface area (Å²) >= 11 is 11.7. The lowest BCUT2D eigenvalue weighted by molar-refractivity contribution is -0.118. The van der Waals surface area contributed by atoms with Crippen LogP contribution in [0.3, 0.4) is 0 Å². The van der Waals surface area contributed by atoms with Crippen molar-refractivity contribution in [3.05, 3.63) is 33.8 Å². The summed E-state index contributed by atoms with van der Waals surface area (Å²) in [4.78, 5) is 11.1. The van der Waals surface area contributed by atoms with Crippen LogP contribution in [0.5, 0.6) is 0 Å². The van der Waals surface area contributed by atoms with Gasteiger partial charge in [0.1, 0.15) is 11.8 Å². The molecule has 0 aliphatic rings. The molecule has 0 aliphatic carbocycles. The first-order chi connectivity index (χ1) is 6.95. The predicted molar refractivity (Wildman–Crippen MR) is 60.3 cm³/mol. The molecule has 0 saturated carbocycles. The Hall–Kier alpha value is -1.26. The van der Waals surface area contributed by atoms with Crippen molar-refractivity contribution < 1.29 is 4.79 Å². The van der Waals surface area contributed by atoms with Crippen LogP contribution in [0.4, 0.5) is 0 Å². The molecule has 1 unspecified atom stereocenters. The summed E-state index contributed by atoms with van der Waals surface area (Å²) < 4.78 is 0. The highest BCUT2D eigenvalue weighted by atomic mass is 35.5. The Bertz CT molecular complexity index is 386. The van der Waals surface area contributed by atoms with E-state index in [0.29, 0.717) is 0 Å². The third kappa shape index (κ3) is 2.40. The van der Waals surface area contributed by atoms with E-state index in [2.05, 4.69) is 0 Å². The summed E-state index contributed by atoms with van der Waals surface area (Å²) in [6.07, 6.45) is 0. The first-order valence-corrected chi connectivity index (χ1v) is 4.78. The second kappa shape index (κ2) is 4.51. The first kappa shape index (κ1) is 11.8. The number of rotatable bonds is 3. The monoisotopic (exact) mass is 245 g/mol. The number of halogens is 2. The number of carbonyl (C=O) groups is 1. The fourth-order valence-electron chi connectivity index (χ4n) is 1.24. The average molecular weight is 246 g/mol. The predicted octanol–water partition coefficient (Wildman–Crippen LogP) is 1.50. The molecule has 6 heteroatoms. The Morgan fingerprint density at radius 3 is 2.07 bits per heavy atom. The van der Waals surface area contributed by atoms with Gasteiger partial charge < -0.3 is 11.5 Å². The van der Waals surface area contributed by atoms with Crippen LogP contribution in [0.15, 0.2) is 18.2 Å². The van der Waals surface area contributed by atoms with E-state index in [0.717, 1.165) is 0 Å². The van der Waals surface area contributed by atoms with Crippen LogP contribution in [0.2, 0.25) is 10.0 Å². The maximum Gasteiger partial charge on any atom is 0.232 e. The SMILES string of the molecule is N=C(N)C(C(N)=O)c1c(Cl)cccc1Cl. The number of amidine groups is 1. The minimum Gasteiger partial charge on any atom is -0.387 e. The van der Waals surface area contributed by atoms with Crippen LogP contribution in [-0.2, 0) is 4.79 Å². The van der Waals surface area contributed by atoms with Gasteiger partial charge in [0.05, 0.1) is 0 Å². The number of nitrogens with one attached hydrogen (secondary N) is 1. The molecule has 0 aliphatic heterocycles. The van der Waals surface area contributed by atoms with Gasteiger partial charge in [-0.2, -0.15) is 0 Å². The van der Waals surface area contributed by atoms with Gasteiger partial charge in [-0.1, -0.05) is 29.3 Å². The van der Waals surface area contributed by atoms with Crippen molar-refractivity contribution >= 4 is 34.9 Å². The van der Waals surface area contributed by atoms with Crippen LogP contribution < -0.4 is 11.5 Å². The van der Waals surface area contributed by atoms with Crippen LogP contribution >= 0.6 is 23.2 Å². The molecule has 1 atom stereocenters. The zero-order valence-corrected chi connectivity index (χ0v) is 9.14. The molecular formula is C9H9Cl2N3O. The maximum atomic E-state index is 11.1. The first-order valence-electron chi connectivity index (χ1n) is 4.02. The molecule has 0 radical (unpaired) electrons. The zero-order chi connectivity index (χ0) is 11.6. The highest BCUT2D eigenvalue weighted by Crippen LogP contribution is 2.31. The molecular weight excluding hydrogens is 237 g/mol. The number of primary amides is 1. The summed E-state index contributed by atoms with van der Waals surface area (Å²) in [7, 11) is 0. The van der Waals surface area contributed by atoms with E-state index in [4.69, 9.17) is 40.1 Å². The molecule has 0 spiro atoms. The number of hydrogen-bond acceptors (Lipinski definition) is 2. The Balaban J connectivity index is 3.35. The molecule has 15 heavy (non-hydrogen) atoms. The fraction of sp³-hybridized carbons (Fsp3) is 0.111. The van der Waals surface area contributed by atoms with Gasteiger partial charge >= 0.3 is 0 Å². The third-order valence-corrected chi connectivity index (χ3v) is 2.54. The van der Waals surface area contributed by atoms with Gasteiger partial charge in [0.2, 0.25) is 5.91 Å². The fourth-order valence-corrected chi connectivity index (χ4v) is 1.85. The molecule has 1 rings (SSSR count). The van der Waals surface area contributed by atoms with Gasteiger partial charge in [-0.3, -0.25) is 10.2 Å². The smallest absolute Gasteiger partial charge is 0.232 e. The highest BCUT2D eigenvalue weighted by molar-refractivity contribution is 6.37. The maximum absolute atomic E-state index is 11.1. The van der Waals surface area contributed by atoms with Crippen molar-refractivity contribution in [1.29, 1.82) is 5.41 Å². The molecule has 0 bridgehead atoms. The standard InChI is InChI=1S/C9H9Cl2N3O/c10-4-2-1-3-5(11)6(4)7(8(12)13)9(14)15/h1-3,7H,(H3,12,13)(H2,14,15). The van der Waals surface area contributed by atoms with Crippen LogP contribution in [-0.4, -0.2) is 11.7 Å². The quantitative estimate of drug-likeness (QED) is 0.556. The Morgan fingerprint density at radius 1 is 1.27 bits per heavy atom. The normalized spacial score (nSPS) is 12.1. The van der Waals surface area contributed by atoms with E-state index in [1.165, 1.54) is 0 Å². The molecule has 1 aromatic carbocycles. The lowest BCUT2D eigenvalue weighted by Gasteiger charge is -2.14. The molecule has 0 saturated heterocycles. The summed E-state index contributed by atoms with van der Waals surface area (Å²) in [5.41, 5.74) is 10.7. The summed E-state index contributed by atoms with van der Waals surface area (Å²) in [6, 6.07) is 4.75. The summed E-state index contributed by atoms with van der Waals surface area (Å²) in [6.45, 7) is 0. The Morgan fingerprint density at radius 2 is 1.73 bits per heavy atom. The van der Waals surface area contributed by atoms with Crippen molar-refractivity contribution in [3.8, 4) is 0 Å². The molecule has 0 fully saturated rings. The second-order valence-corrected chi connectivity index (χ2v) is 3.74. The van der Waals surface area contributed by atoms with Crippen molar-refractivity contribution in [3.63, 3.8) is 0 Å². The minimum atomic E-state index is -1.08. The minimum absolute atomic E-state index is 0.265. The third-order valence-electron chi connectivity index (χ3n) is 1.88. The molecule has 5 N–H and O–H groups in total. The van der Waals surface area contributed by atoms with Crippen LogP contribution in [0.1, 0.15) is 11.5 Å². The van der Waals surface area contributed by atoms with E-state index >= 15 is 0 Å². The highest BCUT2D eigenvalue weighted by Gasteiger charge is 2.25. The van der Waals surface area contributed by atoms with E-state index in [9.17, 15) is 4.79 Å². The second-order valence-electron chi connectivity index (χ2n) is 2.93. The summed E-state index contributed by atoms with van der Waals surface area (Å²) in [5.74, 6) is -2.21. The zero-order valence-electron chi connectivity index (χ0n) is 7.63. The van der Waals surface area contributed by atoms with E-state index in [-0.39, 0.29) is 21.4 Å². The molecule has 0 aromatic heterocycles. The van der Waals surface area contributed by atoms with Gasteiger partial charge in [0.25, 0.3) is 0 Å². The number of carbonyl (C=O) groups excluding carboxylic acids is 1. The van der Waals surface area contributed by atoms with Crippen molar-refractivity contribution in [2.24, 2.45) is 11.5 Å². The average Bonchev–Trinajstić information content (AvgIpc) is 2.09. The van der Waals surface area contributed by atoms with Crippen LogP contribution in [0, 0.1) is 5.41 Å². The lowest BCUT2D eigenvalue weighted by atomic mass is 9.97. The van der Waals surface area contributed by atoms with Crippen LogP contribution in [0.25, 0.3) is 0 Å². The van der Waals surface area contributed by atoms with Crippen molar-refractivity contribution in [2.45, 2.75) is 5.92 Å². The number of amides is 1. The molecule has 1 aromatic rings. The largest absolute Gasteiger partial charge is 0.387 e. The van der Waals surface area contributed by atoms with Gasteiger partial charge in [-0.05, 0) is 12.1 Å². The molecule has 4 nitrogen and oxygen atoms in total. The van der Waals surface area contributed by atoms with Crippen molar-refractivity contribution in [2.75, 3.05) is 0 Å². The molecule has 0 heterocycles. The topological polar surface area (TPSA) is 93.0 Å². The van der Waals surface area contributed by atoms with E-state index < -0.39 is 11.8 Å². The van der Waals surface area contributed by atoms with Gasteiger partial charge in [0, 0.05) is 15.6 Å². The van der Waals surface area contributed by atoms with E-state index in [1.54, 1.807) is 18.2 Å². The number of benzene rings is 1. The number of nitrogens with two attached hydrogens (primary N) is 2. The van der Waals surface area contributed by atoms with Gasteiger partial charge in [0.15, 0.2) is 0 Å². The summed E-state index contributed by atoms with van der Waals surface area (Å²) in [5, 5.41) is 7.80. The lowest BCUT2D eigenvalue weighted by Crippen LogP contribution is -2.33.